The average molecular weight is 427 g/mol. The van der Waals surface area contributed by atoms with Gasteiger partial charge in [0.2, 0.25) is 11.8 Å². The van der Waals surface area contributed by atoms with Gasteiger partial charge in [0.1, 0.15) is 0 Å². The number of carbonyl (C=O) groups is 2. The van der Waals surface area contributed by atoms with E-state index in [0.29, 0.717) is 35.4 Å². The summed E-state index contributed by atoms with van der Waals surface area (Å²) >= 11 is 7.41. The number of aromatic nitrogens is 2. The average Bonchev–Trinajstić information content (AvgIpc) is 3.36. The highest BCUT2D eigenvalue weighted by atomic mass is 35.5. The molecule has 0 aliphatic carbocycles. The van der Waals surface area contributed by atoms with E-state index in [2.05, 4.69) is 9.97 Å². The Morgan fingerprint density at radius 1 is 1.17 bits per heavy atom. The monoisotopic (exact) mass is 426 g/mol. The summed E-state index contributed by atoms with van der Waals surface area (Å²) in [7, 11) is 0. The number of nitrogens with zero attached hydrogens (tertiary/aromatic N) is 4. The standard InChI is InChI=1S/C21H19ClN4O2S/c22-15-6-8-18(9-7-15)26(13-16-4-1-2-10-23-16)20(28)12-17-14-29-21(24-17)25-11-3-5-19(25)27/h1-2,4,6-10,14H,3,5,11-13H2. The molecule has 1 saturated heterocycles. The number of hydrogen-bond donors (Lipinski definition) is 0. The molecule has 1 aliphatic rings. The summed E-state index contributed by atoms with van der Waals surface area (Å²) in [6, 6.07) is 12.8. The van der Waals surface area contributed by atoms with Gasteiger partial charge in [-0.2, -0.15) is 0 Å². The molecule has 148 valence electrons. The molecular weight excluding hydrogens is 408 g/mol. The van der Waals surface area contributed by atoms with Crippen molar-refractivity contribution in [3.05, 3.63) is 70.5 Å². The highest BCUT2D eigenvalue weighted by molar-refractivity contribution is 7.14. The zero-order valence-electron chi connectivity index (χ0n) is 15.6. The van der Waals surface area contributed by atoms with Gasteiger partial charge >= 0.3 is 0 Å². The zero-order chi connectivity index (χ0) is 20.2. The second kappa shape index (κ2) is 8.71. The van der Waals surface area contributed by atoms with Gasteiger partial charge in [0.25, 0.3) is 0 Å². The third kappa shape index (κ3) is 4.63. The first-order valence-electron chi connectivity index (χ1n) is 9.31. The normalized spacial score (nSPS) is 13.7. The van der Waals surface area contributed by atoms with Crippen LogP contribution in [0.15, 0.2) is 54.0 Å². The molecule has 0 atom stereocenters. The Bertz CT molecular complexity index is 1010. The molecule has 0 N–H and O–H groups in total. The molecule has 29 heavy (non-hydrogen) atoms. The summed E-state index contributed by atoms with van der Waals surface area (Å²) < 4.78 is 0. The summed E-state index contributed by atoms with van der Waals surface area (Å²) in [5.41, 5.74) is 2.20. The Morgan fingerprint density at radius 2 is 2.00 bits per heavy atom. The van der Waals surface area contributed by atoms with Crippen molar-refractivity contribution in [3.8, 4) is 0 Å². The molecule has 3 heterocycles. The van der Waals surface area contributed by atoms with Gasteiger partial charge < -0.3 is 4.90 Å². The number of anilines is 2. The lowest BCUT2D eigenvalue weighted by Gasteiger charge is -2.22. The second-order valence-electron chi connectivity index (χ2n) is 6.72. The molecule has 3 aromatic rings. The summed E-state index contributed by atoms with van der Waals surface area (Å²) in [4.78, 5) is 37.3. The number of thiazole rings is 1. The lowest BCUT2D eigenvalue weighted by molar-refractivity contribution is -0.118. The molecule has 0 bridgehead atoms. The lowest BCUT2D eigenvalue weighted by atomic mass is 10.2. The third-order valence-electron chi connectivity index (χ3n) is 4.66. The minimum atomic E-state index is -0.0948. The van der Waals surface area contributed by atoms with Crippen molar-refractivity contribution in [3.63, 3.8) is 0 Å². The van der Waals surface area contributed by atoms with Crippen molar-refractivity contribution in [2.45, 2.75) is 25.8 Å². The smallest absolute Gasteiger partial charge is 0.233 e. The topological polar surface area (TPSA) is 66.4 Å². The second-order valence-corrected chi connectivity index (χ2v) is 8.00. The number of carbonyl (C=O) groups excluding carboxylic acids is 2. The van der Waals surface area contributed by atoms with Crippen LogP contribution in [-0.2, 0) is 22.6 Å². The molecule has 2 aromatic heterocycles. The van der Waals surface area contributed by atoms with E-state index < -0.39 is 0 Å². The lowest BCUT2D eigenvalue weighted by Crippen LogP contribution is -2.32. The van der Waals surface area contributed by atoms with Crippen LogP contribution in [0.4, 0.5) is 10.8 Å². The van der Waals surface area contributed by atoms with Gasteiger partial charge in [0, 0.05) is 35.3 Å². The summed E-state index contributed by atoms with van der Waals surface area (Å²) in [6.45, 7) is 1.04. The number of rotatable bonds is 6. The third-order valence-corrected chi connectivity index (χ3v) is 5.83. The highest BCUT2D eigenvalue weighted by Gasteiger charge is 2.25. The maximum absolute atomic E-state index is 13.1. The Morgan fingerprint density at radius 3 is 2.69 bits per heavy atom. The van der Waals surface area contributed by atoms with Gasteiger partial charge in [0.05, 0.1) is 24.4 Å². The first kappa shape index (κ1) is 19.5. The predicted octanol–water partition coefficient (Wildman–Crippen LogP) is 4.09. The molecule has 0 saturated carbocycles. The van der Waals surface area contributed by atoms with Crippen LogP contribution in [0.3, 0.4) is 0 Å². The summed E-state index contributed by atoms with van der Waals surface area (Å²) in [6.07, 6.45) is 3.26. The zero-order valence-corrected chi connectivity index (χ0v) is 17.2. The number of halogens is 1. The largest absolute Gasteiger partial charge is 0.306 e. The van der Waals surface area contributed by atoms with Gasteiger partial charge in [0.15, 0.2) is 5.13 Å². The Balaban J connectivity index is 1.54. The van der Waals surface area contributed by atoms with Gasteiger partial charge in [-0.25, -0.2) is 4.98 Å². The summed E-state index contributed by atoms with van der Waals surface area (Å²) in [5.74, 6) is -0.00209. The molecule has 1 aliphatic heterocycles. The molecule has 0 spiro atoms. The molecular formula is C21H19ClN4O2S. The van der Waals surface area contributed by atoms with Crippen molar-refractivity contribution in [1.82, 2.24) is 9.97 Å². The first-order chi connectivity index (χ1) is 14.1. The first-order valence-corrected chi connectivity index (χ1v) is 10.6. The van der Waals surface area contributed by atoms with E-state index in [9.17, 15) is 9.59 Å². The van der Waals surface area contributed by atoms with Crippen molar-refractivity contribution < 1.29 is 9.59 Å². The molecule has 6 nitrogen and oxygen atoms in total. The van der Waals surface area contributed by atoms with E-state index in [1.807, 2.05) is 35.7 Å². The molecule has 2 amide bonds. The number of benzene rings is 1. The van der Waals surface area contributed by atoms with Crippen LogP contribution in [0.1, 0.15) is 24.2 Å². The predicted molar refractivity (Wildman–Crippen MR) is 114 cm³/mol. The molecule has 0 unspecified atom stereocenters. The fraction of sp³-hybridized carbons (Fsp3) is 0.238. The fourth-order valence-corrected chi connectivity index (χ4v) is 4.19. The highest BCUT2D eigenvalue weighted by Crippen LogP contribution is 2.26. The van der Waals surface area contributed by atoms with Gasteiger partial charge in [-0.05, 0) is 42.8 Å². The molecule has 1 fully saturated rings. The van der Waals surface area contributed by atoms with Crippen molar-refractivity contribution in [2.75, 3.05) is 16.3 Å². The van der Waals surface area contributed by atoms with Crippen LogP contribution in [0.2, 0.25) is 5.02 Å². The minimum Gasteiger partial charge on any atom is -0.306 e. The maximum Gasteiger partial charge on any atom is 0.233 e. The number of amides is 2. The Hall–Kier alpha value is -2.77. The number of hydrogen-bond acceptors (Lipinski definition) is 5. The Labute approximate surface area is 177 Å². The van der Waals surface area contributed by atoms with E-state index in [0.717, 1.165) is 17.8 Å². The van der Waals surface area contributed by atoms with Crippen LogP contribution in [-0.4, -0.2) is 28.3 Å². The number of pyridine rings is 1. The van der Waals surface area contributed by atoms with Gasteiger partial charge in [-0.1, -0.05) is 17.7 Å². The van der Waals surface area contributed by atoms with Crippen LogP contribution in [0.25, 0.3) is 0 Å². The van der Waals surface area contributed by atoms with E-state index in [-0.39, 0.29) is 18.2 Å². The van der Waals surface area contributed by atoms with E-state index in [1.165, 1.54) is 11.3 Å². The van der Waals surface area contributed by atoms with Gasteiger partial charge in [-0.15, -0.1) is 11.3 Å². The molecule has 8 heteroatoms. The van der Waals surface area contributed by atoms with Crippen molar-refractivity contribution in [2.24, 2.45) is 0 Å². The van der Waals surface area contributed by atoms with Crippen LogP contribution in [0, 0.1) is 0 Å². The van der Waals surface area contributed by atoms with Crippen molar-refractivity contribution >= 4 is 45.6 Å². The maximum atomic E-state index is 13.1. The van der Waals surface area contributed by atoms with Gasteiger partial charge in [-0.3, -0.25) is 19.5 Å². The summed E-state index contributed by atoms with van der Waals surface area (Å²) in [5, 5.41) is 3.12. The molecule has 1 aromatic carbocycles. The fourth-order valence-electron chi connectivity index (χ4n) is 3.20. The van der Waals surface area contributed by atoms with Crippen molar-refractivity contribution in [1.29, 1.82) is 0 Å². The quantitative estimate of drug-likeness (QED) is 0.595. The molecule has 0 radical (unpaired) electrons. The van der Waals surface area contributed by atoms with Crippen LogP contribution >= 0.6 is 22.9 Å². The molecule has 4 rings (SSSR count). The van der Waals surface area contributed by atoms with E-state index in [1.54, 1.807) is 28.1 Å². The SMILES string of the molecule is O=C(Cc1csc(N2CCCC2=O)n1)N(Cc1ccccn1)c1ccc(Cl)cc1. The van der Waals surface area contributed by atoms with E-state index in [4.69, 9.17) is 11.6 Å². The van der Waals surface area contributed by atoms with E-state index >= 15 is 0 Å². The van der Waals surface area contributed by atoms with Crippen LogP contribution < -0.4 is 9.80 Å². The Kier molecular flexibility index (Phi) is 5.87. The van der Waals surface area contributed by atoms with Crippen LogP contribution in [0.5, 0.6) is 0 Å². The minimum absolute atomic E-state index is 0.0927.